The first-order chi connectivity index (χ1) is 9.47. The van der Waals surface area contributed by atoms with Crippen molar-refractivity contribution in [3.63, 3.8) is 0 Å². The Balaban J connectivity index is 2.43. The van der Waals surface area contributed by atoms with Gasteiger partial charge in [-0.1, -0.05) is 6.08 Å². The minimum Gasteiger partial charge on any atom is -0.398 e. The zero-order valence-corrected chi connectivity index (χ0v) is 10.9. The number of aromatic nitrogens is 2. The van der Waals surface area contributed by atoms with E-state index in [-0.39, 0.29) is 24.3 Å². The van der Waals surface area contributed by atoms with Gasteiger partial charge in [-0.05, 0) is 6.92 Å². The summed E-state index contributed by atoms with van der Waals surface area (Å²) < 4.78 is 6.54. The summed E-state index contributed by atoms with van der Waals surface area (Å²) >= 11 is 0. The van der Waals surface area contributed by atoms with Crippen LogP contribution in [0.4, 0.5) is 0 Å². The first kappa shape index (κ1) is 14.5. The zero-order valence-electron chi connectivity index (χ0n) is 10.9. The van der Waals surface area contributed by atoms with E-state index in [0.717, 1.165) is 4.57 Å². The van der Waals surface area contributed by atoms with Gasteiger partial charge in [-0.3, -0.25) is 14.3 Å². The van der Waals surface area contributed by atoms with Crippen LogP contribution in [0.3, 0.4) is 0 Å². The first-order valence-corrected chi connectivity index (χ1v) is 6.20. The predicted molar refractivity (Wildman–Crippen MR) is 70.8 cm³/mol. The number of aliphatic hydroxyl groups excluding tert-OH is 2. The van der Waals surface area contributed by atoms with Gasteiger partial charge in [-0.15, -0.1) is 0 Å². The Bertz CT molecular complexity index is 633. The van der Waals surface area contributed by atoms with Crippen LogP contribution >= 0.6 is 0 Å². The maximum Gasteiger partial charge on any atom is 0.330 e. The highest BCUT2D eigenvalue weighted by Gasteiger charge is 2.35. The summed E-state index contributed by atoms with van der Waals surface area (Å²) in [4.78, 5) is 25.6. The van der Waals surface area contributed by atoms with Crippen LogP contribution in [0.1, 0.15) is 25.1 Å². The number of ether oxygens (including phenoxy) is 1. The third-order valence-corrected chi connectivity index (χ3v) is 3.28. The van der Waals surface area contributed by atoms with Gasteiger partial charge in [0.25, 0.3) is 5.56 Å². The van der Waals surface area contributed by atoms with E-state index in [0.29, 0.717) is 0 Å². The van der Waals surface area contributed by atoms with Crippen molar-refractivity contribution in [2.45, 2.75) is 31.8 Å². The number of aromatic amines is 1. The summed E-state index contributed by atoms with van der Waals surface area (Å²) in [6.45, 7) is 1.32. The van der Waals surface area contributed by atoms with E-state index in [1.807, 2.05) is 0 Å². The molecule has 1 saturated heterocycles. The lowest BCUT2D eigenvalue weighted by atomic mass is 10.2. The Morgan fingerprint density at radius 2 is 2.35 bits per heavy atom. The second-order valence-corrected chi connectivity index (χ2v) is 4.57. The van der Waals surface area contributed by atoms with Crippen molar-refractivity contribution in [2.24, 2.45) is 5.73 Å². The number of H-pyrrole nitrogens is 1. The molecule has 0 spiro atoms. The molecule has 0 amide bonds. The SMILES string of the molecule is C/C=C(/N)c1cn([C@H]2C[C@H](O)[C@@H](CO)O2)c(=O)[nH]c1=O. The van der Waals surface area contributed by atoms with Gasteiger partial charge in [0.2, 0.25) is 0 Å². The van der Waals surface area contributed by atoms with Gasteiger partial charge in [0.05, 0.1) is 18.3 Å². The molecular weight excluding hydrogens is 266 g/mol. The van der Waals surface area contributed by atoms with Crippen LogP contribution in [0.25, 0.3) is 5.70 Å². The van der Waals surface area contributed by atoms with Crippen LogP contribution in [0.2, 0.25) is 0 Å². The van der Waals surface area contributed by atoms with Crippen molar-refractivity contribution < 1.29 is 14.9 Å². The molecule has 8 heteroatoms. The van der Waals surface area contributed by atoms with Gasteiger partial charge in [0.15, 0.2) is 0 Å². The summed E-state index contributed by atoms with van der Waals surface area (Å²) in [5, 5.41) is 18.7. The average Bonchev–Trinajstić information content (AvgIpc) is 2.79. The molecule has 0 bridgehead atoms. The van der Waals surface area contributed by atoms with Crippen molar-refractivity contribution in [2.75, 3.05) is 6.61 Å². The first-order valence-electron chi connectivity index (χ1n) is 6.20. The van der Waals surface area contributed by atoms with E-state index in [1.165, 1.54) is 6.20 Å². The Morgan fingerprint density at radius 1 is 1.65 bits per heavy atom. The van der Waals surface area contributed by atoms with Crippen molar-refractivity contribution in [3.8, 4) is 0 Å². The lowest BCUT2D eigenvalue weighted by Crippen LogP contribution is -2.34. The molecule has 0 unspecified atom stereocenters. The molecule has 2 rings (SSSR count). The average molecular weight is 283 g/mol. The van der Waals surface area contributed by atoms with Crippen molar-refractivity contribution in [1.29, 1.82) is 0 Å². The molecule has 110 valence electrons. The molecule has 5 N–H and O–H groups in total. The van der Waals surface area contributed by atoms with Crippen LogP contribution in [-0.4, -0.2) is 38.6 Å². The van der Waals surface area contributed by atoms with Crippen LogP contribution in [0.5, 0.6) is 0 Å². The molecule has 0 aromatic carbocycles. The third-order valence-electron chi connectivity index (χ3n) is 3.28. The number of nitrogens with zero attached hydrogens (tertiary/aromatic N) is 1. The highest BCUT2D eigenvalue weighted by atomic mass is 16.5. The topological polar surface area (TPSA) is 131 Å². The van der Waals surface area contributed by atoms with Crippen molar-refractivity contribution >= 4 is 5.70 Å². The fourth-order valence-electron chi connectivity index (χ4n) is 2.11. The monoisotopic (exact) mass is 283 g/mol. The van der Waals surface area contributed by atoms with Gasteiger partial charge in [0, 0.05) is 18.3 Å². The van der Waals surface area contributed by atoms with Gasteiger partial charge in [0.1, 0.15) is 12.3 Å². The van der Waals surface area contributed by atoms with E-state index in [4.69, 9.17) is 15.6 Å². The highest BCUT2D eigenvalue weighted by molar-refractivity contribution is 5.60. The number of aliphatic hydroxyl groups is 2. The van der Waals surface area contributed by atoms with E-state index in [2.05, 4.69) is 4.98 Å². The molecule has 1 aliphatic rings. The van der Waals surface area contributed by atoms with E-state index in [9.17, 15) is 14.7 Å². The Morgan fingerprint density at radius 3 is 2.90 bits per heavy atom. The highest BCUT2D eigenvalue weighted by Crippen LogP contribution is 2.27. The molecule has 2 heterocycles. The molecule has 0 saturated carbocycles. The largest absolute Gasteiger partial charge is 0.398 e. The van der Waals surface area contributed by atoms with E-state index in [1.54, 1.807) is 13.0 Å². The molecule has 20 heavy (non-hydrogen) atoms. The molecule has 1 aromatic heterocycles. The number of rotatable bonds is 3. The van der Waals surface area contributed by atoms with Gasteiger partial charge < -0.3 is 20.7 Å². The number of nitrogens with two attached hydrogens (primary N) is 1. The summed E-state index contributed by atoms with van der Waals surface area (Å²) in [6, 6.07) is 0. The molecule has 8 nitrogen and oxygen atoms in total. The number of nitrogens with one attached hydrogen (secondary N) is 1. The lowest BCUT2D eigenvalue weighted by molar-refractivity contribution is -0.0459. The predicted octanol–water partition coefficient (Wildman–Crippen LogP) is -1.50. The zero-order chi connectivity index (χ0) is 14.9. The second-order valence-electron chi connectivity index (χ2n) is 4.57. The van der Waals surface area contributed by atoms with Crippen LogP contribution in [0, 0.1) is 0 Å². The minimum absolute atomic E-state index is 0.145. The molecule has 3 atom stereocenters. The molecule has 0 radical (unpaired) electrons. The van der Waals surface area contributed by atoms with Crippen LogP contribution in [0.15, 0.2) is 21.9 Å². The standard InChI is InChI=1S/C12H17N3O5/c1-2-7(13)6-4-15(12(19)14-11(6)18)10-3-8(17)9(5-16)20-10/h2,4,8-10,16-17H,3,5,13H2,1H3,(H,14,18,19)/b7-2+/t8-,9+,10+/m0/s1. The van der Waals surface area contributed by atoms with Gasteiger partial charge in [-0.25, -0.2) is 4.79 Å². The molecule has 0 aliphatic carbocycles. The van der Waals surface area contributed by atoms with E-state index >= 15 is 0 Å². The number of hydrogen-bond acceptors (Lipinski definition) is 6. The van der Waals surface area contributed by atoms with Crippen LogP contribution in [-0.2, 0) is 4.74 Å². The third kappa shape index (κ3) is 2.53. The minimum atomic E-state index is -0.869. The maximum atomic E-state index is 11.8. The smallest absolute Gasteiger partial charge is 0.330 e. The lowest BCUT2D eigenvalue weighted by Gasteiger charge is -2.15. The summed E-state index contributed by atoms with van der Waals surface area (Å²) in [6.07, 6.45) is 0.614. The number of allylic oxidation sites excluding steroid dienone is 1. The van der Waals surface area contributed by atoms with Crippen molar-refractivity contribution in [1.82, 2.24) is 9.55 Å². The molecular formula is C12H17N3O5. The van der Waals surface area contributed by atoms with Crippen molar-refractivity contribution in [3.05, 3.63) is 38.7 Å². The fraction of sp³-hybridized carbons (Fsp3) is 0.500. The molecule has 1 aromatic rings. The van der Waals surface area contributed by atoms with Gasteiger partial charge >= 0.3 is 5.69 Å². The summed E-state index contributed by atoms with van der Waals surface area (Å²) in [5.74, 6) is 0. The summed E-state index contributed by atoms with van der Waals surface area (Å²) in [5.41, 5.74) is 4.83. The van der Waals surface area contributed by atoms with Gasteiger partial charge in [-0.2, -0.15) is 0 Å². The normalized spacial score (nSPS) is 26.9. The van der Waals surface area contributed by atoms with E-state index < -0.39 is 29.7 Å². The summed E-state index contributed by atoms with van der Waals surface area (Å²) in [7, 11) is 0. The van der Waals surface area contributed by atoms with Crippen LogP contribution < -0.4 is 17.0 Å². The molecule has 1 aliphatic heterocycles. The Hall–Kier alpha value is -1.90. The quantitative estimate of drug-likeness (QED) is 0.534. The Kier molecular flexibility index (Phi) is 4.07. The fourth-order valence-corrected chi connectivity index (χ4v) is 2.11. The Labute approximate surface area is 114 Å². The maximum absolute atomic E-state index is 11.8. The second kappa shape index (κ2) is 5.61. The number of hydrogen-bond donors (Lipinski definition) is 4. The molecule has 1 fully saturated rings.